The quantitative estimate of drug-likeness (QED) is 0.479. The molecule has 8 nitrogen and oxygen atoms in total. The highest BCUT2D eigenvalue weighted by Crippen LogP contribution is 2.17. The van der Waals surface area contributed by atoms with Gasteiger partial charge in [-0.05, 0) is 29.8 Å². The summed E-state index contributed by atoms with van der Waals surface area (Å²) in [5.41, 5.74) is 2.39. The van der Waals surface area contributed by atoms with Gasteiger partial charge in [-0.25, -0.2) is 0 Å². The van der Waals surface area contributed by atoms with E-state index in [1.165, 1.54) is 4.68 Å². The van der Waals surface area contributed by atoms with E-state index in [1.807, 2.05) is 25.5 Å². The number of aryl methyl sites for hydroxylation is 1. The van der Waals surface area contributed by atoms with Gasteiger partial charge in [0.1, 0.15) is 6.54 Å². The third-order valence-corrected chi connectivity index (χ3v) is 3.73. The van der Waals surface area contributed by atoms with Crippen LogP contribution in [0.3, 0.4) is 0 Å². The number of carbonyl (C=O) groups is 1. The molecule has 0 aliphatic carbocycles. The standard InChI is InChI=1S/C11H12BrN5O3/c1-6-4-8(7(2)15(6)3)9(18)5-16-10(12)13-11(14-16)17(19)20/h4H,5H2,1-3H3. The SMILES string of the molecule is Cc1cc(C(=O)Cn2nc([N+](=O)[O-])nc2Br)c(C)n1C. The second-order valence-electron chi connectivity index (χ2n) is 4.36. The van der Waals surface area contributed by atoms with E-state index < -0.39 is 10.9 Å². The Balaban J connectivity index is 2.28. The molecule has 2 aromatic heterocycles. The van der Waals surface area contributed by atoms with Crippen molar-refractivity contribution in [2.24, 2.45) is 7.05 Å². The summed E-state index contributed by atoms with van der Waals surface area (Å²) in [6, 6.07) is 1.79. The molecule has 20 heavy (non-hydrogen) atoms. The smallest absolute Gasteiger partial charge is 0.390 e. The summed E-state index contributed by atoms with van der Waals surface area (Å²) in [7, 11) is 1.87. The molecule has 2 aromatic rings. The van der Waals surface area contributed by atoms with Crippen LogP contribution in [-0.2, 0) is 13.6 Å². The molecule has 0 radical (unpaired) electrons. The van der Waals surface area contributed by atoms with Gasteiger partial charge in [-0.2, -0.15) is 4.68 Å². The molecule has 0 saturated heterocycles. The average Bonchev–Trinajstić information content (AvgIpc) is 2.86. The summed E-state index contributed by atoms with van der Waals surface area (Å²) in [4.78, 5) is 25.7. The van der Waals surface area contributed by atoms with E-state index in [0.29, 0.717) is 5.56 Å². The lowest BCUT2D eigenvalue weighted by molar-refractivity contribution is -0.394. The number of ketones is 1. The maximum atomic E-state index is 12.2. The zero-order chi connectivity index (χ0) is 15.0. The number of rotatable bonds is 4. The van der Waals surface area contributed by atoms with E-state index in [1.54, 1.807) is 6.07 Å². The van der Waals surface area contributed by atoms with E-state index in [0.717, 1.165) is 11.4 Å². The van der Waals surface area contributed by atoms with Gasteiger partial charge in [0.05, 0.1) is 0 Å². The molecule has 0 aliphatic rings. The van der Waals surface area contributed by atoms with Gasteiger partial charge in [-0.1, -0.05) is 0 Å². The van der Waals surface area contributed by atoms with Crippen molar-refractivity contribution in [2.45, 2.75) is 20.4 Å². The Kier molecular flexibility index (Phi) is 3.71. The normalized spacial score (nSPS) is 10.8. The van der Waals surface area contributed by atoms with Crippen molar-refractivity contribution in [2.75, 3.05) is 0 Å². The minimum Gasteiger partial charge on any atom is -0.390 e. The summed E-state index contributed by atoms with van der Waals surface area (Å²) < 4.78 is 3.23. The maximum Gasteiger partial charge on any atom is 0.492 e. The Morgan fingerprint density at radius 3 is 2.60 bits per heavy atom. The Labute approximate surface area is 122 Å². The minimum absolute atomic E-state index is 0.105. The first-order chi connectivity index (χ1) is 9.31. The van der Waals surface area contributed by atoms with Crippen LogP contribution in [0.15, 0.2) is 10.8 Å². The fourth-order valence-electron chi connectivity index (χ4n) is 1.85. The number of hydrogen-bond acceptors (Lipinski definition) is 5. The molecule has 0 amide bonds. The molecule has 0 bridgehead atoms. The number of hydrogen-bond donors (Lipinski definition) is 0. The Bertz CT molecular complexity index is 703. The number of carbonyl (C=O) groups excluding carboxylic acids is 1. The molecule has 0 atom stereocenters. The van der Waals surface area contributed by atoms with E-state index >= 15 is 0 Å². The summed E-state index contributed by atoms with van der Waals surface area (Å²) in [5.74, 6) is -0.711. The molecule has 0 unspecified atom stereocenters. The van der Waals surface area contributed by atoms with Gasteiger partial charge in [0, 0.05) is 45.0 Å². The topological polar surface area (TPSA) is 95.8 Å². The van der Waals surface area contributed by atoms with Gasteiger partial charge in [0.25, 0.3) is 4.73 Å². The first kappa shape index (κ1) is 14.4. The van der Waals surface area contributed by atoms with Crippen molar-refractivity contribution in [3.8, 4) is 0 Å². The number of nitrogens with zero attached hydrogens (tertiary/aromatic N) is 5. The second-order valence-corrected chi connectivity index (χ2v) is 5.07. The average molecular weight is 342 g/mol. The van der Waals surface area contributed by atoms with Crippen LogP contribution in [-0.4, -0.2) is 30.0 Å². The highest BCUT2D eigenvalue weighted by Gasteiger charge is 2.23. The molecule has 9 heteroatoms. The van der Waals surface area contributed by atoms with Crippen molar-refractivity contribution in [3.05, 3.63) is 37.9 Å². The highest BCUT2D eigenvalue weighted by atomic mass is 79.9. The van der Waals surface area contributed by atoms with Gasteiger partial charge in [0.2, 0.25) is 0 Å². The van der Waals surface area contributed by atoms with Crippen molar-refractivity contribution in [3.63, 3.8) is 0 Å². The lowest BCUT2D eigenvalue weighted by Gasteiger charge is -2.01. The van der Waals surface area contributed by atoms with Crippen LogP contribution >= 0.6 is 15.9 Å². The molecule has 0 aromatic carbocycles. The molecule has 0 fully saturated rings. The summed E-state index contributed by atoms with van der Waals surface area (Å²) in [6.45, 7) is 3.64. The number of Topliss-reactive ketones (excluding diaryl/α,β-unsaturated/α-hetero) is 1. The lowest BCUT2D eigenvalue weighted by Crippen LogP contribution is -2.13. The van der Waals surface area contributed by atoms with Gasteiger partial charge >= 0.3 is 5.95 Å². The fraction of sp³-hybridized carbons (Fsp3) is 0.364. The maximum absolute atomic E-state index is 12.2. The monoisotopic (exact) mass is 341 g/mol. The molecule has 106 valence electrons. The minimum atomic E-state index is -0.705. The first-order valence-corrected chi connectivity index (χ1v) is 6.51. The third kappa shape index (κ3) is 2.48. The molecule has 2 heterocycles. The summed E-state index contributed by atoms with van der Waals surface area (Å²) in [5, 5.41) is 14.2. The molecule has 0 saturated carbocycles. The highest BCUT2D eigenvalue weighted by molar-refractivity contribution is 9.10. The summed E-state index contributed by atoms with van der Waals surface area (Å²) >= 11 is 3.05. The molecular weight excluding hydrogens is 330 g/mol. The lowest BCUT2D eigenvalue weighted by atomic mass is 10.1. The van der Waals surface area contributed by atoms with Crippen molar-refractivity contribution in [1.82, 2.24) is 19.3 Å². The Hall–Kier alpha value is -2.03. The molecule has 2 rings (SSSR count). The summed E-state index contributed by atoms with van der Waals surface area (Å²) in [6.07, 6.45) is 0. The van der Waals surface area contributed by atoms with Crippen LogP contribution in [0.5, 0.6) is 0 Å². The van der Waals surface area contributed by atoms with E-state index in [2.05, 4.69) is 26.0 Å². The number of aromatic nitrogens is 4. The molecular formula is C11H12BrN5O3. The van der Waals surface area contributed by atoms with Crippen LogP contribution in [0.25, 0.3) is 0 Å². The van der Waals surface area contributed by atoms with Gasteiger partial charge in [0.15, 0.2) is 5.78 Å². The van der Waals surface area contributed by atoms with E-state index in [9.17, 15) is 14.9 Å². The van der Waals surface area contributed by atoms with E-state index in [-0.39, 0.29) is 17.1 Å². The second kappa shape index (κ2) is 5.16. The van der Waals surface area contributed by atoms with Gasteiger partial charge in [-0.15, -0.1) is 0 Å². The van der Waals surface area contributed by atoms with Crippen LogP contribution < -0.4 is 0 Å². The van der Waals surface area contributed by atoms with Crippen molar-refractivity contribution >= 4 is 27.7 Å². The fourth-order valence-corrected chi connectivity index (χ4v) is 2.21. The molecule has 0 N–H and O–H groups in total. The largest absolute Gasteiger partial charge is 0.492 e. The Morgan fingerprint density at radius 2 is 2.15 bits per heavy atom. The van der Waals surface area contributed by atoms with Crippen LogP contribution in [0.2, 0.25) is 0 Å². The first-order valence-electron chi connectivity index (χ1n) is 5.72. The molecule has 0 aliphatic heterocycles. The van der Waals surface area contributed by atoms with E-state index in [4.69, 9.17) is 0 Å². The number of halogens is 1. The van der Waals surface area contributed by atoms with Crippen molar-refractivity contribution < 1.29 is 9.72 Å². The van der Waals surface area contributed by atoms with Crippen LogP contribution in [0.4, 0.5) is 5.95 Å². The Morgan fingerprint density at radius 1 is 1.50 bits per heavy atom. The van der Waals surface area contributed by atoms with Gasteiger partial charge < -0.3 is 14.7 Å². The number of nitro groups is 1. The zero-order valence-corrected chi connectivity index (χ0v) is 12.7. The van der Waals surface area contributed by atoms with Gasteiger partial charge in [-0.3, -0.25) is 4.79 Å². The predicted molar refractivity (Wildman–Crippen MR) is 73.6 cm³/mol. The predicted octanol–water partition coefficient (Wildman–Crippen LogP) is 1.79. The molecule has 0 spiro atoms. The third-order valence-electron chi connectivity index (χ3n) is 3.15. The van der Waals surface area contributed by atoms with Crippen LogP contribution in [0, 0.1) is 24.0 Å². The van der Waals surface area contributed by atoms with Crippen LogP contribution in [0.1, 0.15) is 21.7 Å². The van der Waals surface area contributed by atoms with Crippen molar-refractivity contribution in [1.29, 1.82) is 0 Å². The zero-order valence-electron chi connectivity index (χ0n) is 11.1.